The highest BCUT2D eigenvalue weighted by atomic mass is 32.2. The Hall–Kier alpha value is -1.07. The van der Waals surface area contributed by atoms with Gasteiger partial charge in [0.15, 0.2) is 0 Å². The van der Waals surface area contributed by atoms with Gasteiger partial charge in [-0.1, -0.05) is 6.07 Å². The van der Waals surface area contributed by atoms with Crippen LogP contribution in [0.4, 0.5) is 0 Å². The van der Waals surface area contributed by atoms with Gasteiger partial charge in [0, 0.05) is 11.9 Å². The molecule has 16 heavy (non-hydrogen) atoms. The zero-order chi connectivity index (χ0) is 12.0. The third-order valence-corrected chi connectivity index (χ3v) is 3.53. The van der Waals surface area contributed by atoms with Crippen molar-refractivity contribution in [2.75, 3.05) is 12.8 Å². The largest absolute Gasteiger partial charge is 0.368 e. The highest BCUT2D eigenvalue weighted by molar-refractivity contribution is 7.99. The molecule has 0 aliphatic heterocycles. The van der Waals surface area contributed by atoms with E-state index in [1.54, 1.807) is 25.0 Å². The molecule has 0 aliphatic carbocycles. The number of carbonyl (C=O) groups is 1. The first-order valence-electron chi connectivity index (χ1n) is 5.11. The van der Waals surface area contributed by atoms with Crippen LogP contribution in [0.25, 0.3) is 0 Å². The standard InChI is InChI=1S/C11H17N3OS/c1-11(13-2,10(12)15)6-8-16-9-5-3-4-7-14-9/h3-5,7,13H,6,8H2,1-2H3,(H2,12,15). The molecule has 0 aliphatic rings. The number of rotatable bonds is 6. The number of primary amides is 1. The number of carbonyl (C=O) groups excluding carboxylic acids is 1. The summed E-state index contributed by atoms with van der Waals surface area (Å²) in [4.78, 5) is 15.4. The smallest absolute Gasteiger partial charge is 0.237 e. The van der Waals surface area contributed by atoms with Crippen molar-refractivity contribution >= 4 is 17.7 Å². The second kappa shape index (κ2) is 5.86. The van der Waals surface area contributed by atoms with Crippen molar-refractivity contribution < 1.29 is 4.79 Å². The molecule has 0 bridgehead atoms. The summed E-state index contributed by atoms with van der Waals surface area (Å²) in [6.07, 6.45) is 2.44. The third-order valence-electron chi connectivity index (χ3n) is 2.59. The Morgan fingerprint density at radius 1 is 1.62 bits per heavy atom. The molecule has 0 aromatic carbocycles. The van der Waals surface area contributed by atoms with Gasteiger partial charge < -0.3 is 11.1 Å². The summed E-state index contributed by atoms with van der Waals surface area (Å²) in [5.41, 5.74) is 4.70. The van der Waals surface area contributed by atoms with Gasteiger partial charge in [0.25, 0.3) is 0 Å². The maximum Gasteiger partial charge on any atom is 0.237 e. The summed E-state index contributed by atoms with van der Waals surface area (Å²) >= 11 is 1.62. The van der Waals surface area contributed by atoms with Crippen LogP contribution in [0.2, 0.25) is 0 Å². The van der Waals surface area contributed by atoms with Crippen molar-refractivity contribution in [3.8, 4) is 0 Å². The molecule has 1 atom stereocenters. The fourth-order valence-electron chi connectivity index (χ4n) is 1.16. The van der Waals surface area contributed by atoms with Gasteiger partial charge in [-0.3, -0.25) is 4.79 Å². The number of likely N-dealkylation sites (N-methyl/N-ethyl adjacent to an activating group) is 1. The average Bonchev–Trinajstić information content (AvgIpc) is 2.30. The van der Waals surface area contributed by atoms with Crippen molar-refractivity contribution in [2.24, 2.45) is 5.73 Å². The van der Waals surface area contributed by atoms with E-state index in [4.69, 9.17) is 5.73 Å². The van der Waals surface area contributed by atoms with Crippen molar-refractivity contribution in [3.63, 3.8) is 0 Å². The van der Waals surface area contributed by atoms with Crippen LogP contribution >= 0.6 is 11.8 Å². The van der Waals surface area contributed by atoms with Crippen LogP contribution in [0.15, 0.2) is 29.4 Å². The molecule has 0 saturated carbocycles. The molecule has 1 aromatic rings. The summed E-state index contributed by atoms with van der Waals surface area (Å²) in [6.45, 7) is 1.81. The summed E-state index contributed by atoms with van der Waals surface area (Å²) in [5, 5.41) is 3.92. The van der Waals surface area contributed by atoms with Gasteiger partial charge in [0.05, 0.1) is 10.6 Å². The van der Waals surface area contributed by atoms with Crippen LogP contribution in [0.1, 0.15) is 13.3 Å². The molecule has 3 N–H and O–H groups in total. The van der Waals surface area contributed by atoms with E-state index in [1.165, 1.54) is 0 Å². The van der Waals surface area contributed by atoms with E-state index in [2.05, 4.69) is 10.3 Å². The van der Waals surface area contributed by atoms with E-state index in [-0.39, 0.29) is 5.91 Å². The van der Waals surface area contributed by atoms with Gasteiger partial charge in [-0.25, -0.2) is 4.98 Å². The van der Waals surface area contributed by atoms with E-state index < -0.39 is 5.54 Å². The van der Waals surface area contributed by atoms with Gasteiger partial charge in [-0.05, 0) is 32.5 Å². The lowest BCUT2D eigenvalue weighted by Crippen LogP contribution is -2.51. The normalized spacial score (nSPS) is 14.4. The van der Waals surface area contributed by atoms with E-state index in [9.17, 15) is 4.79 Å². The first-order valence-corrected chi connectivity index (χ1v) is 6.10. The van der Waals surface area contributed by atoms with Crippen molar-refractivity contribution in [1.82, 2.24) is 10.3 Å². The van der Waals surface area contributed by atoms with Gasteiger partial charge in [-0.2, -0.15) is 0 Å². The quantitative estimate of drug-likeness (QED) is 0.727. The molecular formula is C11H17N3OS. The van der Waals surface area contributed by atoms with Crippen LogP contribution in [0, 0.1) is 0 Å². The zero-order valence-corrected chi connectivity index (χ0v) is 10.4. The lowest BCUT2D eigenvalue weighted by atomic mass is 9.99. The Morgan fingerprint density at radius 2 is 2.38 bits per heavy atom. The number of hydrogen-bond acceptors (Lipinski definition) is 4. The molecule has 5 heteroatoms. The molecule has 0 radical (unpaired) electrons. The Bertz CT molecular complexity index is 344. The summed E-state index contributed by atoms with van der Waals surface area (Å²) < 4.78 is 0. The number of nitrogens with two attached hydrogens (primary N) is 1. The van der Waals surface area contributed by atoms with Crippen LogP contribution < -0.4 is 11.1 Å². The number of nitrogens with zero attached hydrogens (tertiary/aromatic N) is 1. The molecule has 1 heterocycles. The first-order chi connectivity index (χ1) is 7.58. The Morgan fingerprint density at radius 3 is 2.88 bits per heavy atom. The molecule has 1 rings (SSSR count). The molecule has 88 valence electrons. The molecule has 1 unspecified atom stereocenters. The van der Waals surface area contributed by atoms with Crippen LogP contribution in [0.3, 0.4) is 0 Å². The van der Waals surface area contributed by atoms with Crippen LogP contribution in [0.5, 0.6) is 0 Å². The number of pyridine rings is 1. The van der Waals surface area contributed by atoms with E-state index in [0.717, 1.165) is 10.8 Å². The maximum absolute atomic E-state index is 11.2. The van der Waals surface area contributed by atoms with Gasteiger partial charge >= 0.3 is 0 Å². The Balaban J connectivity index is 2.43. The second-order valence-electron chi connectivity index (χ2n) is 3.71. The average molecular weight is 239 g/mol. The summed E-state index contributed by atoms with van der Waals surface area (Å²) in [5.74, 6) is 0.480. The van der Waals surface area contributed by atoms with E-state index in [0.29, 0.717) is 6.42 Å². The zero-order valence-electron chi connectivity index (χ0n) is 9.56. The number of thioether (sulfide) groups is 1. The van der Waals surface area contributed by atoms with Gasteiger partial charge in [0.1, 0.15) is 0 Å². The first kappa shape index (κ1) is 13.0. The van der Waals surface area contributed by atoms with E-state index in [1.807, 2.05) is 25.1 Å². The van der Waals surface area contributed by atoms with Crippen molar-refractivity contribution in [1.29, 1.82) is 0 Å². The van der Waals surface area contributed by atoms with Gasteiger partial charge in [-0.15, -0.1) is 11.8 Å². The molecule has 1 aromatic heterocycles. The van der Waals surface area contributed by atoms with Gasteiger partial charge in [0.2, 0.25) is 5.91 Å². The minimum absolute atomic E-state index is 0.323. The minimum Gasteiger partial charge on any atom is -0.368 e. The number of nitrogens with one attached hydrogen (secondary N) is 1. The Kier molecular flexibility index (Phi) is 4.76. The van der Waals surface area contributed by atoms with Crippen molar-refractivity contribution in [2.45, 2.75) is 23.9 Å². The number of amides is 1. The number of hydrogen-bond donors (Lipinski definition) is 2. The molecular weight excluding hydrogens is 222 g/mol. The van der Waals surface area contributed by atoms with E-state index >= 15 is 0 Å². The van der Waals surface area contributed by atoms with Crippen LogP contribution in [-0.2, 0) is 4.79 Å². The predicted octanol–water partition coefficient (Wildman–Crippen LogP) is 1.03. The second-order valence-corrected chi connectivity index (χ2v) is 4.83. The fraction of sp³-hybridized carbons (Fsp3) is 0.455. The monoisotopic (exact) mass is 239 g/mol. The lowest BCUT2D eigenvalue weighted by Gasteiger charge is -2.24. The minimum atomic E-state index is -0.637. The highest BCUT2D eigenvalue weighted by Crippen LogP contribution is 2.19. The molecule has 0 saturated heterocycles. The predicted molar refractivity (Wildman–Crippen MR) is 66.2 cm³/mol. The fourth-order valence-corrected chi connectivity index (χ4v) is 2.19. The third kappa shape index (κ3) is 3.50. The number of aromatic nitrogens is 1. The molecule has 1 amide bonds. The molecule has 0 fully saturated rings. The molecule has 4 nitrogen and oxygen atoms in total. The molecule has 0 spiro atoms. The summed E-state index contributed by atoms with van der Waals surface area (Å²) in [6, 6.07) is 5.78. The summed E-state index contributed by atoms with van der Waals surface area (Å²) in [7, 11) is 1.75. The SMILES string of the molecule is CNC(C)(CCSc1ccccn1)C(N)=O. The maximum atomic E-state index is 11.2. The topological polar surface area (TPSA) is 68.0 Å². The van der Waals surface area contributed by atoms with Crippen molar-refractivity contribution in [3.05, 3.63) is 24.4 Å². The lowest BCUT2D eigenvalue weighted by molar-refractivity contribution is -0.123. The Labute approximate surface area is 100 Å². The van der Waals surface area contributed by atoms with Crippen LogP contribution in [-0.4, -0.2) is 29.2 Å². The highest BCUT2D eigenvalue weighted by Gasteiger charge is 2.28.